The van der Waals surface area contributed by atoms with E-state index in [-0.39, 0.29) is 22.0 Å². The number of carbonyl (C=O) groups excluding carboxylic acids is 1. The summed E-state index contributed by atoms with van der Waals surface area (Å²) >= 11 is 1.19. The van der Waals surface area contributed by atoms with Crippen LogP contribution in [-0.2, 0) is 16.6 Å². The first kappa shape index (κ1) is 21.8. The number of amides is 1. The number of nitrogens with one attached hydrogen (secondary N) is 1. The Morgan fingerprint density at radius 2 is 1.75 bits per heavy atom. The van der Waals surface area contributed by atoms with E-state index in [1.807, 2.05) is 6.92 Å². The molecule has 164 valence electrons. The second-order valence-corrected chi connectivity index (χ2v) is 9.49. The lowest BCUT2D eigenvalue weighted by molar-refractivity contribution is 0.0998. The molecule has 10 heteroatoms. The molecule has 0 bridgehead atoms. The molecule has 0 saturated heterocycles. The normalized spacial score (nSPS) is 12.3. The van der Waals surface area contributed by atoms with Crippen molar-refractivity contribution in [3.05, 3.63) is 88.7 Å². The number of rotatable bonds is 5. The molecule has 0 unspecified atom stereocenters. The Morgan fingerprint density at radius 1 is 1.03 bits per heavy atom. The highest BCUT2D eigenvalue weighted by Crippen LogP contribution is 2.20. The average molecular weight is 474 g/mol. The molecule has 0 aliphatic carbocycles. The van der Waals surface area contributed by atoms with Crippen LogP contribution in [0.25, 0.3) is 10.2 Å². The molecule has 0 aliphatic heterocycles. The molecule has 0 saturated carbocycles. The molecule has 1 heterocycles. The summed E-state index contributed by atoms with van der Waals surface area (Å²) in [6.45, 7) is 2.43. The largest absolute Gasteiger partial charge is 0.317 e. The van der Waals surface area contributed by atoms with Crippen molar-refractivity contribution in [2.45, 2.75) is 18.4 Å². The lowest BCUT2D eigenvalue weighted by Gasteiger charge is -2.08. The Bertz CT molecular complexity index is 1490. The van der Waals surface area contributed by atoms with Crippen LogP contribution in [0.3, 0.4) is 0 Å². The maximum atomic E-state index is 13.6. The number of fused-ring (bicyclic) bond motifs is 1. The summed E-state index contributed by atoms with van der Waals surface area (Å²) in [7, 11) is -3.96. The van der Waals surface area contributed by atoms with Crippen molar-refractivity contribution in [3.63, 3.8) is 0 Å². The third-order valence-electron chi connectivity index (χ3n) is 4.64. The molecular weight excluding hydrogens is 456 g/mol. The number of aryl methyl sites for hydroxylation is 1. The van der Waals surface area contributed by atoms with Crippen LogP contribution < -0.4 is 9.52 Å². The van der Waals surface area contributed by atoms with Crippen LogP contribution in [0, 0.1) is 11.6 Å². The Hall–Kier alpha value is -3.37. The number of thiazole rings is 1. The third-order valence-corrected chi connectivity index (χ3v) is 7.08. The van der Waals surface area contributed by atoms with Gasteiger partial charge >= 0.3 is 0 Å². The van der Waals surface area contributed by atoms with Crippen LogP contribution in [0.1, 0.15) is 17.3 Å². The van der Waals surface area contributed by atoms with Gasteiger partial charge in [-0.15, -0.1) is 0 Å². The highest BCUT2D eigenvalue weighted by atomic mass is 32.2. The van der Waals surface area contributed by atoms with Crippen molar-refractivity contribution >= 4 is 43.2 Å². The smallest absolute Gasteiger partial charge is 0.279 e. The zero-order valence-electron chi connectivity index (χ0n) is 16.7. The van der Waals surface area contributed by atoms with Crippen molar-refractivity contribution in [2.24, 2.45) is 4.99 Å². The zero-order valence-corrected chi connectivity index (χ0v) is 18.4. The molecule has 1 aromatic heterocycles. The van der Waals surface area contributed by atoms with Gasteiger partial charge in [0.1, 0.15) is 11.6 Å². The summed E-state index contributed by atoms with van der Waals surface area (Å²) in [5.74, 6) is -1.49. The lowest BCUT2D eigenvalue weighted by Crippen LogP contribution is -2.16. The molecule has 4 rings (SSSR count). The van der Waals surface area contributed by atoms with Crippen LogP contribution in [-0.4, -0.2) is 18.9 Å². The van der Waals surface area contributed by atoms with E-state index in [0.717, 1.165) is 29.8 Å². The number of carbonyl (C=O) groups is 1. The molecule has 6 nitrogen and oxygen atoms in total. The van der Waals surface area contributed by atoms with E-state index < -0.39 is 21.7 Å². The van der Waals surface area contributed by atoms with Crippen molar-refractivity contribution in [2.75, 3.05) is 4.72 Å². The summed E-state index contributed by atoms with van der Waals surface area (Å²) in [5, 5.41) is 0. The number of benzene rings is 3. The van der Waals surface area contributed by atoms with Crippen molar-refractivity contribution in [1.82, 2.24) is 4.57 Å². The standard InChI is InChI=1S/C22H17F2N3O3S2/c1-2-27-19-11-8-16(24)13-20(19)31-22(27)25-21(28)14-4-3-5-17(12-14)26-32(29,30)18-9-6-15(23)7-10-18/h3-13,26H,2H2,1H3. The summed E-state index contributed by atoms with van der Waals surface area (Å²) < 4.78 is 56.5. The molecular formula is C22H17F2N3O3S2. The minimum absolute atomic E-state index is 0.109. The highest BCUT2D eigenvalue weighted by molar-refractivity contribution is 7.92. The van der Waals surface area contributed by atoms with E-state index in [4.69, 9.17) is 0 Å². The van der Waals surface area contributed by atoms with E-state index in [0.29, 0.717) is 16.0 Å². The Labute approximate surface area is 186 Å². The molecule has 0 atom stereocenters. The molecule has 4 aromatic rings. The number of anilines is 1. The SMILES string of the molecule is CCn1c(=NC(=O)c2cccc(NS(=O)(=O)c3ccc(F)cc3)c2)sc2cc(F)ccc21. The maximum Gasteiger partial charge on any atom is 0.279 e. The molecule has 0 fully saturated rings. The van der Waals surface area contributed by atoms with Gasteiger partial charge < -0.3 is 4.57 Å². The Kier molecular flexibility index (Phi) is 5.90. The third kappa shape index (κ3) is 4.46. The second kappa shape index (κ2) is 8.64. The van der Waals surface area contributed by atoms with Crippen LogP contribution >= 0.6 is 11.3 Å². The van der Waals surface area contributed by atoms with Gasteiger partial charge in [-0.05, 0) is 67.6 Å². The topological polar surface area (TPSA) is 80.5 Å². The van der Waals surface area contributed by atoms with Gasteiger partial charge in [0.05, 0.1) is 15.1 Å². The van der Waals surface area contributed by atoms with Crippen molar-refractivity contribution in [1.29, 1.82) is 0 Å². The molecule has 0 spiro atoms. The van der Waals surface area contributed by atoms with E-state index in [2.05, 4.69) is 9.71 Å². The van der Waals surface area contributed by atoms with E-state index in [1.165, 1.54) is 47.7 Å². The van der Waals surface area contributed by atoms with Crippen LogP contribution in [0.4, 0.5) is 14.5 Å². The fraction of sp³-hybridized carbons (Fsp3) is 0.0909. The van der Waals surface area contributed by atoms with Crippen LogP contribution in [0.15, 0.2) is 76.6 Å². The molecule has 3 aromatic carbocycles. The number of nitrogens with zero attached hydrogens (tertiary/aromatic N) is 2. The first-order chi connectivity index (χ1) is 15.3. The number of hydrogen-bond acceptors (Lipinski definition) is 4. The number of aromatic nitrogens is 1. The first-order valence-corrected chi connectivity index (χ1v) is 11.8. The second-order valence-electron chi connectivity index (χ2n) is 6.80. The van der Waals surface area contributed by atoms with Crippen LogP contribution in [0.5, 0.6) is 0 Å². The summed E-state index contributed by atoms with van der Waals surface area (Å²) in [6, 6.07) is 14.7. The van der Waals surface area contributed by atoms with Crippen molar-refractivity contribution in [3.8, 4) is 0 Å². The first-order valence-electron chi connectivity index (χ1n) is 9.53. The quantitative estimate of drug-likeness (QED) is 0.462. The van der Waals surface area contributed by atoms with Crippen LogP contribution in [0.2, 0.25) is 0 Å². The van der Waals surface area contributed by atoms with Crippen molar-refractivity contribution < 1.29 is 22.0 Å². The van der Waals surface area contributed by atoms with Gasteiger partial charge in [-0.1, -0.05) is 17.4 Å². The number of hydrogen-bond donors (Lipinski definition) is 1. The lowest BCUT2D eigenvalue weighted by atomic mass is 10.2. The highest BCUT2D eigenvalue weighted by Gasteiger charge is 2.15. The summed E-state index contributed by atoms with van der Waals surface area (Å²) in [5.41, 5.74) is 1.11. The fourth-order valence-electron chi connectivity index (χ4n) is 3.13. The van der Waals surface area contributed by atoms with Gasteiger partial charge in [0.2, 0.25) is 0 Å². The summed E-state index contributed by atoms with van der Waals surface area (Å²) in [6.07, 6.45) is 0. The molecule has 0 aliphatic rings. The van der Waals surface area contributed by atoms with Gasteiger partial charge in [0.25, 0.3) is 15.9 Å². The van der Waals surface area contributed by atoms with Gasteiger partial charge in [-0.2, -0.15) is 4.99 Å². The van der Waals surface area contributed by atoms with Gasteiger partial charge in [-0.25, -0.2) is 17.2 Å². The Morgan fingerprint density at radius 3 is 2.47 bits per heavy atom. The van der Waals surface area contributed by atoms with Gasteiger partial charge in [-0.3, -0.25) is 9.52 Å². The average Bonchev–Trinajstić information content (AvgIpc) is 3.09. The summed E-state index contributed by atoms with van der Waals surface area (Å²) in [4.78, 5) is 17.3. The Balaban J connectivity index is 1.66. The van der Waals surface area contributed by atoms with Gasteiger partial charge in [0, 0.05) is 17.8 Å². The zero-order chi connectivity index (χ0) is 22.9. The minimum Gasteiger partial charge on any atom is -0.317 e. The molecule has 32 heavy (non-hydrogen) atoms. The van der Waals surface area contributed by atoms with E-state index >= 15 is 0 Å². The van der Waals surface area contributed by atoms with E-state index in [9.17, 15) is 22.0 Å². The molecule has 1 amide bonds. The minimum atomic E-state index is -3.96. The molecule has 0 radical (unpaired) electrons. The maximum absolute atomic E-state index is 13.6. The monoisotopic (exact) mass is 473 g/mol. The van der Waals surface area contributed by atoms with Gasteiger partial charge in [0.15, 0.2) is 4.80 Å². The number of sulfonamides is 1. The predicted molar refractivity (Wildman–Crippen MR) is 119 cm³/mol. The molecule has 1 N–H and O–H groups in total. The number of halogens is 2. The predicted octanol–water partition coefficient (Wildman–Crippen LogP) is 4.54. The fourth-order valence-corrected chi connectivity index (χ4v) is 5.30. The van der Waals surface area contributed by atoms with E-state index in [1.54, 1.807) is 10.6 Å².